The molecule has 540 valence electrons. The summed E-state index contributed by atoms with van der Waals surface area (Å²) in [4.78, 5) is 72.6. The maximum absolute atomic E-state index is 13.0. The molecule has 0 aliphatic carbocycles. The third-order valence-electron chi connectivity index (χ3n) is 16.9. The number of carbonyl (C=O) groups is 4. The van der Waals surface area contributed by atoms with Crippen molar-refractivity contribution in [3.8, 4) is 0 Å². The monoisotopic (exact) mass is 1340 g/mol. The standard InChI is InChI=1S/C72H140O17P2/c1-5-9-13-17-21-25-29-33-34-35-39-43-47-51-55-59-72(77)89-68(63-83-70(75)57-53-49-45-41-37-31-27-23-19-15-11-7-3)65-87-91(80,81)85-61-66(73)60-84-90(78,79)86-64-67(88-71(76)58-54-50-46-42-38-32-28-24-20-16-12-8-4)62-82-69(74)56-52-48-44-40-36-30-26-22-18-14-10-6-2/h66-68,73H,5-65H2,1-4H3,(H,78,79)(H,80,81)/t66?,67-,68-/m1/s1. The first-order valence-electron chi connectivity index (χ1n) is 37.8. The fourth-order valence-electron chi connectivity index (χ4n) is 11.0. The van der Waals surface area contributed by atoms with Crippen molar-refractivity contribution in [3.05, 3.63) is 0 Å². The zero-order chi connectivity index (χ0) is 66.8. The van der Waals surface area contributed by atoms with Crippen LogP contribution in [-0.4, -0.2) is 96.7 Å². The molecule has 0 fully saturated rings. The van der Waals surface area contributed by atoms with E-state index >= 15 is 0 Å². The zero-order valence-electron chi connectivity index (χ0n) is 58.8. The number of aliphatic hydroxyl groups is 1. The van der Waals surface area contributed by atoms with E-state index in [1.54, 1.807) is 0 Å². The van der Waals surface area contributed by atoms with Crippen LogP contribution in [0.5, 0.6) is 0 Å². The number of unbranched alkanes of at least 4 members (excludes halogenated alkanes) is 47. The summed E-state index contributed by atoms with van der Waals surface area (Å²) in [6, 6.07) is 0. The van der Waals surface area contributed by atoms with Crippen molar-refractivity contribution in [2.75, 3.05) is 39.6 Å². The fourth-order valence-corrected chi connectivity index (χ4v) is 12.6. The molecule has 0 spiro atoms. The average Bonchev–Trinajstić information content (AvgIpc) is 3.56. The van der Waals surface area contributed by atoms with Crippen LogP contribution in [-0.2, 0) is 65.4 Å². The van der Waals surface area contributed by atoms with Gasteiger partial charge in [-0.3, -0.25) is 37.3 Å². The topological polar surface area (TPSA) is 237 Å². The van der Waals surface area contributed by atoms with Crippen molar-refractivity contribution in [1.29, 1.82) is 0 Å². The molecular weight excluding hydrogens is 1200 g/mol. The lowest BCUT2D eigenvalue weighted by Crippen LogP contribution is -2.30. The van der Waals surface area contributed by atoms with Gasteiger partial charge < -0.3 is 33.8 Å². The Labute approximate surface area is 556 Å². The molecule has 3 N–H and O–H groups in total. The van der Waals surface area contributed by atoms with E-state index in [-0.39, 0.29) is 25.7 Å². The molecule has 3 unspecified atom stereocenters. The van der Waals surface area contributed by atoms with E-state index in [1.165, 1.54) is 212 Å². The van der Waals surface area contributed by atoms with Gasteiger partial charge in [0.25, 0.3) is 0 Å². The molecule has 0 saturated heterocycles. The van der Waals surface area contributed by atoms with Crippen LogP contribution in [0.25, 0.3) is 0 Å². The van der Waals surface area contributed by atoms with Crippen molar-refractivity contribution in [2.45, 2.75) is 399 Å². The van der Waals surface area contributed by atoms with Gasteiger partial charge in [-0.2, -0.15) is 0 Å². The Morgan fingerprint density at radius 2 is 0.440 bits per heavy atom. The molecule has 0 heterocycles. The maximum atomic E-state index is 13.0. The minimum atomic E-state index is -4.95. The molecule has 0 bridgehead atoms. The summed E-state index contributed by atoms with van der Waals surface area (Å²) >= 11 is 0. The number of ether oxygens (including phenoxy) is 4. The van der Waals surface area contributed by atoms with E-state index in [2.05, 4.69) is 27.7 Å². The summed E-state index contributed by atoms with van der Waals surface area (Å²) in [6.45, 7) is 4.97. The largest absolute Gasteiger partial charge is 0.472 e. The van der Waals surface area contributed by atoms with Crippen molar-refractivity contribution in [2.24, 2.45) is 0 Å². The van der Waals surface area contributed by atoms with Gasteiger partial charge in [-0.15, -0.1) is 0 Å². The Hall–Kier alpha value is -1.94. The highest BCUT2D eigenvalue weighted by Gasteiger charge is 2.30. The Morgan fingerprint density at radius 3 is 0.648 bits per heavy atom. The number of rotatable bonds is 73. The molecule has 17 nitrogen and oxygen atoms in total. The SMILES string of the molecule is CCCCCCCCCCCCCCCCCC(=O)O[C@H](COC(=O)CCCCCCCCCCCCCC)COP(=O)(O)OCC(O)COP(=O)(O)OC[C@@H](COC(=O)CCCCCCCCCCCCCC)OC(=O)CCCCCCCCCCCCCC. The predicted octanol–water partition coefficient (Wildman–Crippen LogP) is 21.1. The lowest BCUT2D eigenvalue weighted by atomic mass is 10.0. The van der Waals surface area contributed by atoms with Gasteiger partial charge in [-0.05, 0) is 25.7 Å². The Kier molecular flexibility index (Phi) is 65.2. The molecular formula is C72H140O17P2. The Balaban J connectivity index is 5.25. The van der Waals surface area contributed by atoms with Gasteiger partial charge in [0.2, 0.25) is 0 Å². The lowest BCUT2D eigenvalue weighted by molar-refractivity contribution is -0.161. The summed E-state index contributed by atoms with van der Waals surface area (Å²) in [5.74, 6) is -2.11. The molecule has 0 aromatic rings. The quantitative estimate of drug-likeness (QED) is 0.0222. The molecule has 91 heavy (non-hydrogen) atoms. The van der Waals surface area contributed by atoms with Gasteiger partial charge in [-0.25, -0.2) is 9.13 Å². The molecule has 0 aromatic heterocycles. The highest BCUT2D eigenvalue weighted by Crippen LogP contribution is 2.45. The first kappa shape index (κ1) is 89.1. The molecule has 0 rings (SSSR count). The van der Waals surface area contributed by atoms with E-state index in [4.69, 9.17) is 37.0 Å². The molecule has 0 radical (unpaired) electrons. The second kappa shape index (κ2) is 66.7. The number of phosphoric acid groups is 2. The number of hydrogen-bond donors (Lipinski definition) is 3. The van der Waals surface area contributed by atoms with Crippen molar-refractivity contribution in [1.82, 2.24) is 0 Å². The van der Waals surface area contributed by atoms with Crippen molar-refractivity contribution in [3.63, 3.8) is 0 Å². The Bertz CT molecular complexity index is 1740. The van der Waals surface area contributed by atoms with Crippen LogP contribution in [0.15, 0.2) is 0 Å². The molecule has 0 saturated carbocycles. The minimum Gasteiger partial charge on any atom is -0.462 e. The lowest BCUT2D eigenvalue weighted by Gasteiger charge is -2.21. The van der Waals surface area contributed by atoms with Crippen LogP contribution in [0.4, 0.5) is 0 Å². The minimum absolute atomic E-state index is 0.108. The number of carbonyl (C=O) groups excluding carboxylic acids is 4. The van der Waals surface area contributed by atoms with Crippen molar-refractivity contribution >= 4 is 39.5 Å². The first-order chi connectivity index (χ1) is 44.2. The van der Waals surface area contributed by atoms with Crippen LogP contribution in [0, 0.1) is 0 Å². The average molecular weight is 1340 g/mol. The van der Waals surface area contributed by atoms with Crippen LogP contribution in [0.3, 0.4) is 0 Å². The van der Waals surface area contributed by atoms with Crippen LogP contribution < -0.4 is 0 Å². The van der Waals surface area contributed by atoms with Crippen LogP contribution in [0.2, 0.25) is 0 Å². The second-order valence-electron chi connectivity index (χ2n) is 26.0. The smallest absolute Gasteiger partial charge is 0.462 e. The number of aliphatic hydroxyl groups excluding tert-OH is 1. The summed E-state index contributed by atoms with van der Waals surface area (Å²) < 4.78 is 68.4. The Morgan fingerprint density at radius 1 is 0.264 bits per heavy atom. The highest BCUT2D eigenvalue weighted by molar-refractivity contribution is 7.47. The maximum Gasteiger partial charge on any atom is 0.472 e. The van der Waals surface area contributed by atoms with Gasteiger partial charge in [0, 0.05) is 25.7 Å². The van der Waals surface area contributed by atoms with Crippen molar-refractivity contribution < 1.29 is 80.2 Å². The molecule has 0 aliphatic heterocycles. The predicted molar refractivity (Wildman–Crippen MR) is 368 cm³/mol. The molecule has 5 atom stereocenters. The number of esters is 4. The van der Waals surface area contributed by atoms with Gasteiger partial charge >= 0.3 is 39.5 Å². The number of phosphoric ester groups is 2. The van der Waals surface area contributed by atoms with E-state index in [0.717, 1.165) is 89.9 Å². The summed E-state index contributed by atoms with van der Waals surface area (Å²) in [5, 5.41) is 10.6. The van der Waals surface area contributed by atoms with E-state index in [9.17, 15) is 43.2 Å². The van der Waals surface area contributed by atoms with Crippen LogP contribution in [0.1, 0.15) is 381 Å². The third kappa shape index (κ3) is 66.5. The molecule has 0 aliphatic rings. The molecule has 0 aromatic carbocycles. The summed E-state index contributed by atoms with van der Waals surface area (Å²) in [6.07, 6.45) is 55.2. The molecule has 19 heteroatoms. The van der Waals surface area contributed by atoms with Gasteiger partial charge in [0.1, 0.15) is 19.3 Å². The van der Waals surface area contributed by atoms with E-state index < -0.39 is 97.5 Å². The van der Waals surface area contributed by atoms with Gasteiger partial charge in [0.15, 0.2) is 12.2 Å². The molecule has 0 amide bonds. The normalized spacial score (nSPS) is 14.0. The summed E-state index contributed by atoms with van der Waals surface area (Å²) in [7, 11) is -9.90. The zero-order valence-corrected chi connectivity index (χ0v) is 60.6. The number of hydrogen-bond acceptors (Lipinski definition) is 15. The van der Waals surface area contributed by atoms with E-state index in [0.29, 0.717) is 25.7 Å². The highest BCUT2D eigenvalue weighted by atomic mass is 31.2. The summed E-state index contributed by atoms with van der Waals surface area (Å²) in [5.41, 5.74) is 0. The van der Waals surface area contributed by atoms with Gasteiger partial charge in [0.05, 0.1) is 26.4 Å². The van der Waals surface area contributed by atoms with Crippen LogP contribution >= 0.6 is 15.6 Å². The van der Waals surface area contributed by atoms with E-state index in [1.807, 2.05) is 0 Å². The third-order valence-corrected chi connectivity index (χ3v) is 18.8. The van der Waals surface area contributed by atoms with Gasteiger partial charge in [-0.1, -0.05) is 329 Å². The fraction of sp³-hybridized carbons (Fsp3) is 0.944. The first-order valence-corrected chi connectivity index (χ1v) is 40.8. The second-order valence-corrected chi connectivity index (χ2v) is 28.9.